The average Bonchev–Trinajstić information content (AvgIpc) is 3.09. The van der Waals surface area contributed by atoms with Crippen LogP contribution in [0.5, 0.6) is 0 Å². The second-order valence-electron chi connectivity index (χ2n) is 4.89. The number of carboxylic acids is 1. The minimum atomic E-state index is -0.973. The fourth-order valence-corrected chi connectivity index (χ4v) is 3.90. The van der Waals surface area contributed by atoms with Gasteiger partial charge in [0.2, 0.25) is 0 Å². The number of imidazole rings is 1. The third kappa shape index (κ3) is 1.91. The number of pyridine rings is 1. The zero-order chi connectivity index (χ0) is 14.4. The Balaban J connectivity index is 1.86. The van der Waals surface area contributed by atoms with Crippen molar-refractivity contribution < 1.29 is 9.90 Å². The molecule has 0 saturated heterocycles. The van der Waals surface area contributed by atoms with Crippen molar-refractivity contribution in [3.05, 3.63) is 53.5 Å². The fourth-order valence-electron chi connectivity index (χ4n) is 2.66. The summed E-state index contributed by atoms with van der Waals surface area (Å²) in [5, 5.41) is 9.24. The van der Waals surface area contributed by atoms with E-state index in [9.17, 15) is 9.90 Å². The van der Waals surface area contributed by atoms with E-state index >= 15 is 0 Å². The van der Waals surface area contributed by atoms with Gasteiger partial charge in [0.15, 0.2) is 5.65 Å². The van der Waals surface area contributed by atoms with E-state index in [2.05, 4.69) is 27.1 Å². The van der Waals surface area contributed by atoms with Gasteiger partial charge in [-0.1, -0.05) is 18.2 Å². The SMILES string of the molecule is O=C(O)c1ccnc2nc(C3CSc4ccccc43)[nH]c12. The van der Waals surface area contributed by atoms with Gasteiger partial charge < -0.3 is 10.1 Å². The molecule has 0 amide bonds. The topological polar surface area (TPSA) is 78.9 Å². The Morgan fingerprint density at radius 1 is 1.33 bits per heavy atom. The summed E-state index contributed by atoms with van der Waals surface area (Å²) in [6.45, 7) is 0. The molecule has 0 fully saturated rings. The van der Waals surface area contributed by atoms with Crippen LogP contribution in [-0.4, -0.2) is 31.8 Å². The van der Waals surface area contributed by atoms with Crippen LogP contribution in [0.2, 0.25) is 0 Å². The van der Waals surface area contributed by atoms with Crippen molar-refractivity contribution in [2.75, 3.05) is 5.75 Å². The number of nitrogens with zero attached hydrogens (tertiary/aromatic N) is 2. The summed E-state index contributed by atoms with van der Waals surface area (Å²) in [7, 11) is 0. The maximum Gasteiger partial charge on any atom is 0.338 e. The van der Waals surface area contributed by atoms with Gasteiger partial charge in [-0.2, -0.15) is 0 Å². The van der Waals surface area contributed by atoms with Crippen LogP contribution in [0.25, 0.3) is 11.2 Å². The van der Waals surface area contributed by atoms with E-state index < -0.39 is 5.97 Å². The van der Waals surface area contributed by atoms with E-state index in [4.69, 9.17) is 0 Å². The van der Waals surface area contributed by atoms with Crippen LogP contribution in [-0.2, 0) is 0 Å². The molecule has 3 aromatic rings. The van der Waals surface area contributed by atoms with Gasteiger partial charge in [0, 0.05) is 16.8 Å². The second kappa shape index (κ2) is 4.60. The summed E-state index contributed by atoms with van der Waals surface area (Å²) in [5.74, 6) is 0.867. The van der Waals surface area contributed by atoms with Crippen molar-refractivity contribution in [3.8, 4) is 0 Å². The van der Waals surface area contributed by atoms with Crippen molar-refractivity contribution in [1.29, 1.82) is 0 Å². The van der Waals surface area contributed by atoms with Gasteiger partial charge in [0.1, 0.15) is 5.82 Å². The first-order chi connectivity index (χ1) is 10.2. The van der Waals surface area contributed by atoms with Gasteiger partial charge in [-0.3, -0.25) is 0 Å². The lowest BCUT2D eigenvalue weighted by molar-refractivity contribution is 0.0698. The lowest BCUT2D eigenvalue weighted by Gasteiger charge is -2.06. The van der Waals surface area contributed by atoms with E-state index in [1.165, 1.54) is 22.7 Å². The third-order valence-electron chi connectivity index (χ3n) is 3.67. The summed E-state index contributed by atoms with van der Waals surface area (Å²) >= 11 is 1.79. The first-order valence-electron chi connectivity index (χ1n) is 6.53. The van der Waals surface area contributed by atoms with Crippen molar-refractivity contribution in [2.24, 2.45) is 0 Å². The number of benzene rings is 1. The van der Waals surface area contributed by atoms with Crippen molar-refractivity contribution in [1.82, 2.24) is 15.0 Å². The first kappa shape index (κ1) is 12.4. The molecule has 4 rings (SSSR count). The van der Waals surface area contributed by atoms with Gasteiger partial charge >= 0.3 is 5.97 Å². The van der Waals surface area contributed by atoms with E-state index in [1.807, 2.05) is 12.1 Å². The summed E-state index contributed by atoms with van der Waals surface area (Å²) in [6.07, 6.45) is 1.48. The van der Waals surface area contributed by atoms with Crippen LogP contribution in [0.15, 0.2) is 41.4 Å². The number of fused-ring (bicyclic) bond motifs is 2. The highest BCUT2D eigenvalue weighted by Gasteiger charge is 2.27. The molecule has 3 heterocycles. The molecule has 1 aromatic carbocycles. The van der Waals surface area contributed by atoms with Crippen LogP contribution in [0.1, 0.15) is 27.7 Å². The molecule has 1 aliphatic rings. The maximum absolute atomic E-state index is 11.3. The van der Waals surface area contributed by atoms with Crippen molar-refractivity contribution in [2.45, 2.75) is 10.8 Å². The largest absolute Gasteiger partial charge is 0.478 e. The molecule has 5 nitrogen and oxygen atoms in total. The Labute approximate surface area is 124 Å². The Bertz CT molecular complexity index is 859. The minimum Gasteiger partial charge on any atom is -0.478 e. The van der Waals surface area contributed by atoms with Crippen LogP contribution >= 0.6 is 11.8 Å². The third-order valence-corrected chi connectivity index (χ3v) is 4.85. The number of aromatic carboxylic acids is 1. The van der Waals surface area contributed by atoms with Crippen LogP contribution < -0.4 is 0 Å². The van der Waals surface area contributed by atoms with E-state index in [0.29, 0.717) is 11.2 Å². The molecular formula is C15H11N3O2S. The number of thioether (sulfide) groups is 1. The molecule has 0 bridgehead atoms. The molecule has 2 N–H and O–H groups in total. The second-order valence-corrected chi connectivity index (χ2v) is 5.95. The molecule has 0 aliphatic carbocycles. The minimum absolute atomic E-state index is 0.155. The Morgan fingerprint density at radius 2 is 2.19 bits per heavy atom. The highest BCUT2D eigenvalue weighted by molar-refractivity contribution is 7.99. The molecule has 0 spiro atoms. The molecule has 1 unspecified atom stereocenters. The summed E-state index contributed by atoms with van der Waals surface area (Å²) in [4.78, 5) is 24.3. The Kier molecular flexibility index (Phi) is 2.71. The standard InChI is InChI=1S/C15H11N3O2S/c19-15(20)9-5-6-16-14-12(9)17-13(18-14)10-7-21-11-4-2-1-3-8(10)11/h1-6,10H,7H2,(H,19,20)(H,16,17,18). The lowest BCUT2D eigenvalue weighted by Crippen LogP contribution is -2.01. The molecule has 0 radical (unpaired) electrons. The zero-order valence-corrected chi connectivity index (χ0v) is 11.7. The lowest BCUT2D eigenvalue weighted by atomic mass is 10.0. The number of aromatic amines is 1. The molecule has 21 heavy (non-hydrogen) atoms. The number of carboxylic acid groups (broad SMARTS) is 1. The smallest absolute Gasteiger partial charge is 0.338 e. The Morgan fingerprint density at radius 3 is 3.05 bits per heavy atom. The predicted octanol–water partition coefficient (Wildman–Crippen LogP) is 2.89. The molecule has 1 atom stereocenters. The highest BCUT2D eigenvalue weighted by atomic mass is 32.2. The number of H-pyrrole nitrogens is 1. The fraction of sp³-hybridized carbons (Fsp3) is 0.133. The monoisotopic (exact) mass is 297 g/mol. The molecule has 104 valence electrons. The number of nitrogens with one attached hydrogen (secondary N) is 1. The number of hydrogen-bond donors (Lipinski definition) is 2. The van der Waals surface area contributed by atoms with Crippen LogP contribution in [0, 0.1) is 0 Å². The van der Waals surface area contributed by atoms with E-state index in [0.717, 1.165) is 11.6 Å². The zero-order valence-electron chi connectivity index (χ0n) is 10.9. The van der Waals surface area contributed by atoms with Gasteiger partial charge in [0.05, 0.1) is 17.0 Å². The summed E-state index contributed by atoms with van der Waals surface area (Å²) < 4.78 is 0. The van der Waals surface area contributed by atoms with Gasteiger partial charge in [0.25, 0.3) is 0 Å². The number of carbonyl (C=O) groups is 1. The van der Waals surface area contributed by atoms with Crippen LogP contribution in [0.3, 0.4) is 0 Å². The predicted molar refractivity (Wildman–Crippen MR) is 79.9 cm³/mol. The first-order valence-corrected chi connectivity index (χ1v) is 7.52. The number of hydrogen-bond acceptors (Lipinski definition) is 4. The van der Waals surface area contributed by atoms with E-state index in [1.54, 1.807) is 11.8 Å². The van der Waals surface area contributed by atoms with Crippen molar-refractivity contribution in [3.63, 3.8) is 0 Å². The van der Waals surface area contributed by atoms with Gasteiger partial charge in [-0.05, 0) is 17.7 Å². The van der Waals surface area contributed by atoms with Gasteiger partial charge in [-0.15, -0.1) is 11.8 Å². The van der Waals surface area contributed by atoms with Crippen LogP contribution in [0.4, 0.5) is 0 Å². The normalized spacial score (nSPS) is 17.0. The number of aromatic nitrogens is 3. The van der Waals surface area contributed by atoms with Gasteiger partial charge in [-0.25, -0.2) is 14.8 Å². The molecular weight excluding hydrogens is 286 g/mol. The molecule has 6 heteroatoms. The maximum atomic E-state index is 11.3. The number of rotatable bonds is 2. The highest BCUT2D eigenvalue weighted by Crippen LogP contribution is 2.42. The Hall–Kier alpha value is -2.34. The summed E-state index contributed by atoms with van der Waals surface area (Å²) in [6, 6.07) is 9.73. The molecule has 1 aliphatic heterocycles. The average molecular weight is 297 g/mol. The van der Waals surface area contributed by atoms with Crippen molar-refractivity contribution >= 4 is 28.9 Å². The molecule has 2 aromatic heterocycles. The molecule has 0 saturated carbocycles. The summed E-state index contributed by atoms with van der Waals surface area (Å²) in [5.41, 5.74) is 2.39. The quantitative estimate of drug-likeness (QED) is 0.760. The van der Waals surface area contributed by atoms with E-state index in [-0.39, 0.29) is 11.5 Å².